The van der Waals surface area contributed by atoms with Crippen LogP contribution in [0.2, 0.25) is 0 Å². The summed E-state index contributed by atoms with van der Waals surface area (Å²) in [7, 11) is 0. The topological polar surface area (TPSA) is 95.2 Å². The first-order valence-electron chi connectivity index (χ1n) is 9.27. The molecule has 0 unspecified atom stereocenters. The van der Waals surface area contributed by atoms with Gasteiger partial charge in [0.25, 0.3) is 0 Å². The Morgan fingerprint density at radius 3 is 2.79 bits per heavy atom. The van der Waals surface area contributed by atoms with E-state index in [9.17, 15) is 9.18 Å². The molecule has 152 valence electrons. The molecule has 0 atom stereocenters. The molecule has 0 spiro atoms. The lowest BCUT2D eigenvalue weighted by molar-refractivity contribution is 0.00465. The summed E-state index contributed by atoms with van der Waals surface area (Å²) in [5, 5.41) is 5.98. The van der Waals surface area contributed by atoms with Crippen LogP contribution in [0.4, 0.5) is 26.6 Å². The normalized spacial score (nSPS) is 15.3. The van der Waals surface area contributed by atoms with E-state index in [1.165, 1.54) is 0 Å². The molecular formula is C19H27FN6O2. The van der Waals surface area contributed by atoms with Crippen molar-refractivity contribution in [3.05, 3.63) is 29.5 Å². The lowest BCUT2D eigenvalue weighted by Crippen LogP contribution is -2.43. The third-order valence-corrected chi connectivity index (χ3v) is 4.54. The molecule has 3 heterocycles. The summed E-state index contributed by atoms with van der Waals surface area (Å²) >= 11 is 0. The molecule has 2 aromatic heterocycles. The second-order valence-electron chi connectivity index (χ2n) is 8.23. The number of H-pyrrole nitrogens is 1. The number of ether oxygens (including phenoxy) is 1. The van der Waals surface area contributed by atoms with Crippen LogP contribution in [0.3, 0.4) is 0 Å². The molecule has 1 amide bonds. The van der Waals surface area contributed by atoms with Crippen molar-refractivity contribution in [2.24, 2.45) is 0 Å². The van der Waals surface area contributed by atoms with E-state index in [0.717, 1.165) is 17.5 Å². The van der Waals surface area contributed by atoms with Crippen LogP contribution in [0.15, 0.2) is 12.4 Å². The molecule has 2 aromatic rings. The van der Waals surface area contributed by atoms with Gasteiger partial charge in [-0.3, -0.25) is 4.90 Å². The van der Waals surface area contributed by atoms with Crippen molar-refractivity contribution in [3.8, 4) is 0 Å². The van der Waals surface area contributed by atoms with E-state index in [0.29, 0.717) is 24.7 Å². The number of amides is 1. The fourth-order valence-corrected chi connectivity index (χ4v) is 3.20. The molecule has 28 heavy (non-hydrogen) atoms. The van der Waals surface area contributed by atoms with Gasteiger partial charge in [-0.05, 0) is 41.5 Å². The molecule has 9 heteroatoms. The number of hydrogen-bond donors (Lipinski definition) is 3. The number of anilines is 3. The summed E-state index contributed by atoms with van der Waals surface area (Å²) in [5.74, 6) is -0.145. The average Bonchev–Trinajstić information content (AvgIpc) is 3.08. The molecule has 1 aliphatic rings. The van der Waals surface area contributed by atoms with Crippen molar-refractivity contribution < 1.29 is 13.9 Å². The van der Waals surface area contributed by atoms with Crippen LogP contribution in [-0.2, 0) is 16.8 Å². The lowest BCUT2D eigenvalue weighted by atomic mass is 10.0. The molecule has 3 rings (SSSR count). The van der Waals surface area contributed by atoms with E-state index in [2.05, 4.69) is 25.6 Å². The Labute approximate surface area is 163 Å². The molecular weight excluding hydrogens is 363 g/mol. The second kappa shape index (κ2) is 6.96. The number of halogens is 1. The smallest absolute Gasteiger partial charge is 0.411 e. The summed E-state index contributed by atoms with van der Waals surface area (Å²) in [6, 6.07) is 0. The molecule has 0 aliphatic carbocycles. The molecule has 3 N–H and O–H groups in total. The predicted molar refractivity (Wildman–Crippen MR) is 105 cm³/mol. The van der Waals surface area contributed by atoms with Crippen molar-refractivity contribution in [1.29, 1.82) is 0 Å². The number of aromatic nitrogens is 3. The molecule has 0 saturated carbocycles. The van der Waals surface area contributed by atoms with Crippen molar-refractivity contribution in [3.63, 3.8) is 0 Å². The SMILES string of the molecule is CCNc1ncc(F)c(Nc2c[nH]c3c2CN(C(=O)OC(C)(C)C)C3(C)C)n1. The maximum Gasteiger partial charge on any atom is 0.411 e. The van der Waals surface area contributed by atoms with Gasteiger partial charge in [0.05, 0.1) is 24.0 Å². The number of carbonyl (C=O) groups is 1. The number of rotatable bonds is 4. The van der Waals surface area contributed by atoms with Crippen LogP contribution in [0.1, 0.15) is 52.8 Å². The van der Waals surface area contributed by atoms with Gasteiger partial charge in [-0.25, -0.2) is 14.2 Å². The van der Waals surface area contributed by atoms with Gasteiger partial charge >= 0.3 is 6.09 Å². The molecule has 8 nitrogen and oxygen atoms in total. The van der Waals surface area contributed by atoms with Gasteiger partial charge < -0.3 is 20.4 Å². The highest BCUT2D eigenvalue weighted by Gasteiger charge is 2.44. The fraction of sp³-hybridized carbons (Fsp3) is 0.526. The van der Waals surface area contributed by atoms with Crippen LogP contribution in [0, 0.1) is 5.82 Å². The van der Waals surface area contributed by atoms with Gasteiger partial charge in [0.1, 0.15) is 5.60 Å². The van der Waals surface area contributed by atoms with E-state index < -0.39 is 23.1 Å². The number of nitrogens with zero attached hydrogens (tertiary/aromatic N) is 3. The molecule has 1 aliphatic heterocycles. The molecule has 0 aromatic carbocycles. The average molecular weight is 390 g/mol. The van der Waals surface area contributed by atoms with Gasteiger partial charge in [-0.1, -0.05) is 0 Å². The first kappa shape index (κ1) is 19.9. The third kappa shape index (κ3) is 3.74. The summed E-state index contributed by atoms with van der Waals surface area (Å²) in [6.07, 6.45) is 2.49. The monoisotopic (exact) mass is 390 g/mol. The zero-order chi connectivity index (χ0) is 20.7. The van der Waals surface area contributed by atoms with Gasteiger partial charge in [-0.15, -0.1) is 0 Å². The van der Waals surface area contributed by atoms with Crippen molar-refractivity contribution in [1.82, 2.24) is 19.9 Å². The highest BCUT2D eigenvalue weighted by atomic mass is 19.1. The highest BCUT2D eigenvalue weighted by Crippen LogP contribution is 2.42. The number of carbonyl (C=O) groups excluding carboxylic acids is 1. The first-order chi connectivity index (χ1) is 13.0. The summed E-state index contributed by atoms with van der Waals surface area (Å²) in [6.45, 7) is 12.3. The number of fused-ring (bicyclic) bond motifs is 1. The Balaban J connectivity index is 1.87. The maximum atomic E-state index is 14.2. The Bertz CT molecular complexity index is 887. The van der Waals surface area contributed by atoms with Crippen LogP contribution in [0.5, 0.6) is 0 Å². The highest BCUT2D eigenvalue weighted by molar-refractivity contribution is 5.73. The Kier molecular flexibility index (Phi) is 4.95. The van der Waals surface area contributed by atoms with Crippen LogP contribution < -0.4 is 10.6 Å². The predicted octanol–water partition coefficient (Wildman–Crippen LogP) is 4.11. The van der Waals surface area contributed by atoms with Gasteiger partial charge in [0.2, 0.25) is 5.95 Å². The van der Waals surface area contributed by atoms with E-state index in [1.54, 1.807) is 11.1 Å². The zero-order valence-corrected chi connectivity index (χ0v) is 17.1. The summed E-state index contributed by atoms with van der Waals surface area (Å²) < 4.78 is 19.7. The molecule has 0 fully saturated rings. The largest absolute Gasteiger partial charge is 0.444 e. The Morgan fingerprint density at radius 2 is 2.14 bits per heavy atom. The van der Waals surface area contributed by atoms with Crippen LogP contribution in [-0.4, -0.2) is 38.1 Å². The van der Waals surface area contributed by atoms with Crippen molar-refractivity contribution in [2.75, 3.05) is 17.2 Å². The third-order valence-electron chi connectivity index (χ3n) is 4.54. The molecule has 0 saturated heterocycles. The quantitative estimate of drug-likeness (QED) is 0.727. The number of nitrogens with one attached hydrogen (secondary N) is 3. The fourth-order valence-electron chi connectivity index (χ4n) is 3.20. The van der Waals surface area contributed by atoms with E-state index >= 15 is 0 Å². The second-order valence-corrected chi connectivity index (χ2v) is 8.23. The first-order valence-corrected chi connectivity index (χ1v) is 9.27. The van der Waals surface area contributed by atoms with E-state index in [4.69, 9.17) is 4.74 Å². The maximum absolute atomic E-state index is 14.2. The van der Waals surface area contributed by atoms with Crippen molar-refractivity contribution >= 4 is 23.5 Å². The summed E-state index contributed by atoms with van der Waals surface area (Å²) in [5.41, 5.74) is 1.24. The van der Waals surface area contributed by atoms with E-state index in [-0.39, 0.29) is 5.82 Å². The minimum atomic E-state index is -0.587. The number of aromatic amines is 1. The Morgan fingerprint density at radius 1 is 1.43 bits per heavy atom. The summed E-state index contributed by atoms with van der Waals surface area (Å²) in [4.78, 5) is 25.6. The minimum Gasteiger partial charge on any atom is -0.444 e. The van der Waals surface area contributed by atoms with E-state index in [1.807, 2.05) is 41.5 Å². The van der Waals surface area contributed by atoms with Gasteiger partial charge in [0, 0.05) is 24.0 Å². The molecule has 0 bridgehead atoms. The minimum absolute atomic E-state index is 0.0706. The van der Waals surface area contributed by atoms with Gasteiger partial charge in [0.15, 0.2) is 11.6 Å². The lowest BCUT2D eigenvalue weighted by Gasteiger charge is -2.33. The van der Waals surface area contributed by atoms with Crippen molar-refractivity contribution in [2.45, 2.75) is 59.2 Å². The zero-order valence-electron chi connectivity index (χ0n) is 17.1. The van der Waals surface area contributed by atoms with Crippen LogP contribution >= 0.6 is 0 Å². The van der Waals surface area contributed by atoms with Gasteiger partial charge in [-0.2, -0.15) is 4.98 Å². The molecule has 0 radical (unpaired) electrons. The number of hydrogen-bond acceptors (Lipinski definition) is 6. The Hall–Kier alpha value is -2.84. The standard InChI is InChI=1S/C19H27FN6O2/c1-7-21-16-23-8-12(20)15(25-16)24-13-9-22-14-11(13)10-26(19(14,5)6)17(27)28-18(2,3)4/h8-9,22H,7,10H2,1-6H3,(H2,21,23,24,25). The van der Waals surface area contributed by atoms with Crippen LogP contribution in [0.25, 0.3) is 0 Å².